The van der Waals surface area contributed by atoms with Crippen molar-refractivity contribution in [3.05, 3.63) is 29.8 Å². The summed E-state index contributed by atoms with van der Waals surface area (Å²) in [6.07, 6.45) is 2.30. The number of carbonyl (C=O) groups excluding carboxylic acids is 1. The number of rotatable bonds is 5. The Kier molecular flexibility index (Phi) is 4.55. The fourth-order valence-corrected chi connectivity index (χ4v) is 1.63. The maximum atomic E-state index is 11.9. The van der Waals surface area contributed by atoms with Gasteiger partial charge in [0.1, 0.15) is 0 Å². The lowest BCUT2D eigenvalue weighted by Crippen LogP contribution is -2.45. The number of anilines is 1. The molecule has 1 aromatic carbocycles. The molecule has 0 bridgehead atoms. The van der Waals surface area contributed by atoms with Crippen molar-refractivity contribution in [2.45, 2.75) is 45.6 Å². The highest BCUT2D eigenvalue weighted by atomic mass is 16.1. The minimum Gasteiger partial charge on any atom is -0.399 e. The van der Waals surface area contributed by atoms with E-state index in [9.17, 15) is 4.79 Å². The first kappa shape index (κ1) is 13.6. The van der Waals surface area contributed by atoms with Crippen molar-refractivity contribution in [2.24, 2.45) is 0 Å². The second-order valence-electron chi connectivity index (χ2n) is 4.73. The zero-order chi connectivity index (χ0) is 12.9. The molecule has 17 heavy (non-hydrogen) atoms. The number of carbonyl (C=O) groups is 1. The first-order chi connectivity index (χ1) is 7.99. The largest absolute Gasteiger partial charge is 0.399 e. The molecule has 0 fully saturated rings. The van der Waals surface area contributed by atoms with Gasteiger partial charge >= 0.3 is 0 Å². The topological polar surface area (TPSA) is 55.1 Å². The Morgan fingerprint density at radius 3 is 2.24 bits per heavy atom. The molecular weight excluding hydrogens is 212 g/mol. The predicted octanol–water partition coefficient (Wildman–Crippen LogP) is 2.51. The van der Waals surface area contributed by atoms with Crippen LogP contribution >= 0.6 is 0 Å². The Morgan fingerprint density at radius 2 is 1.76 bits per heavy atom. The predicted molar refractivity (Wildman–Crippen MR) is 71.7 cm³/mol. The smallest absolute Gasteiger partial charge is 0.224 e. The molecule has 0 aliphatic rings. The minimum absolute atomic E-state index is 0.0703. The lowest BCUT2D eigenvalue weighted by atomic mass is 9.95. The summed E-state index contributed by atoms with van der Waals surface area (Å²) in [4.78, 5) is 11.9. The summed E-state index contributed by atoms with van der Waals surface area (Å²) in [5.41, 5.74) is 7.22. The highest BCUT2D eigenvalue weighted by molar-refractivity contribution is 5.79. The van der Waals surface area contributed by atoms with Crippen molar-refractivity contribution < 1.29 is 4.79 Å². The molecule has 3 nitrogen and oxygen atoms in total. The van der Waals surface area contributed by atoms with Crippen LogP contribution in [0.4, 0.5) is 5.69 Å². The first-order valence-electron chi connectivity index (χ1n) is 6.14. The monoisotopic (exact) mass is 234 g/mol. The Balaban J connectivity index is 2.58. The third-order valence-electron chi connectivity index (χ3n) is 3.35. The van der Waals surface area contributed by atoms with Gasteiger partial charge in [-0.05, 0) is 37.5 Å². The van der Waals surface area contributed by atoms with Gasteiger partial charge in [0.25, 0.3) is 0 Å². The molecule has 0 saturated heterocycles. The number of nitrogen functional groups attached to an aromatic ring is 1. The van der Waals surface area contributed by atoms with E-state index in [4.69, 9.17) is 5.73 Å². The SMILES string of the molecule is CCC(C)(CC)NC(=O)Cc1ccc(N)cc1. The van der Waals surface area contributed by atoms with Gasteiger partial charge in [-0.25, -0.2) is 0 Å². The molecule has 94 valence electrons. The van der Waals surface area contributed by atoms with Crippen LogP contribution in [0.15, 0.2) is 24.3 Å². The van der Waals surface area contributed by atoms with Gasteiger partial charge in [-0.3, -0.25) is 4.79 Å². The Bertz CT molecular complexity index is 366. The maximum Gasteiger partial charge on any atom is 0.224 e. The molecule has 0 saturated carbocycles. The maximum absolute atomic E-state index is 11.9. The van der Waals surface area contributed by atoms with E-state index in [0.29, 0.717) is 6.42 Å². The van der Waals surface area contributed by atoms with Gasteiger partial charge in [-0.15, -0.1) is 0 Å². The molecule has 0 aliphatic heterocycles. The Labute approximate surface area is 103 Å². The molecule has 0 spiro atoms. The van der Waals surface area contributed by atoms with Gasteiger partial charge in [-0.1, -0.05) is 26.0 Å². The summed E-state index contributed by atoms with van der Waals surface area (Å²) in [6.45, 7) is 6.26. The van der Waals surface area contributed by atoms with Gasteiger partial charge in [-0.2, -0.15) is 0 Å². The van der Waals surface area contributed by atoms with Crippen LogP contribution < -0.4 is 11.1 Å². The molecule has 1 rings (SSSR count). The van der Waals surface area contributed by atoms with Crippen molar-refractivity contribution >= 4 is 11.6 Å². The van der Waals surface area contributed by atoms with Crippen LogP contribution in [0.25, 0.3) is 0 Å². The van der Waals surface area contributed by atoms with Gasteiger partial charge in [0.05, 0.1) is 6.42 Å². The van der Waals surface area contributed by atoms with Crippen LogP contribution in [0.1, 0.15) is 39.2 Å². The van der Waals surface area contributed by atoms with E-state index >= 15 is 0 Å². The average molecular weight is 234 g/mol. The van der Waals surface area contributed by atoms with Crippen molar-refractivity contribution in [2.75, 3.05) is 5.73 Å². The summed E-state index contributed by atoms with van der Waals surface area (Å²) in [5, 5.41) is 3.09. The molecule has 0 radical (unpaired) electrons. The molecule has 0 aromatic heterocycles. The molecule has 1 aromatic rings. The zero-order valence-electron chi connectivity index (χ0n) is 10.9. The Hall–Kier alpha value is -1.51. The summed E-state index contributed by atoms with van der Waals surface area (Å²) in [7, 11) is 0. The molecule has 0 aliphatic carbocycles. The van der Waals surface area contributed by atoms with E-state index in [1.165, 1.54) is 0 Å². The van der Waals surface area contributed by atoms with E-state index in [1.54, 1.807) is 0 Å². The summed E-state index contributed by atoms with van der Waals surface area (Å²) in [5.74, 6) is 0.0703. The average Bonchev–Trinajstić information content (AvgIpc) is 2.32. The van der Waals surface area contributed by atoms with Crippen molar-refractivity contribution in [3.63, 3.8) is 0 Å². The van der Waals surface area contributed by atoms with Gasteiger partial charge < -0.3 is 11.1 Å². The molecule has 1 amide bonds. The second kappa shape index (κ2) is 5.71. The molecule has 0 heterocycles. The minimum atomic E-state index is -0.0924. The van der Waals surface area contributed by atoms with Crippen LogP contribution in [-0.2, 0) is 11.2 Å². The number of hydrogen-bond acceptors (Lipinski definition) is 2. The van der Waals surface area contributed by atoms with Crippen LogP contribution in [0.2, 0.25) is 0 Å². The molecule has 3 heteroatoms. The van der Waals surface area contributed by atoms with Crippen LogP contribution in [0.3, 0.4) is 0 Å². The van der Waals surface area contributed by atoms with Crippen molar-refractivity contribution in [1.29, 1.82) is 0 Å². The summed E-state index contributed by atoms with van der Waals surface area (Å²) in [6, 6.07) is 7.43. The summed E-state index contributed by atoms with van der Waals surface area (Å²) >= 11 is 0. The second-order valence-corrected chi connectivity index (χ2v) is 4.73. The highest BCUT2D eigenvalue weighted by Gasteiger charge is 2.21. The fraction of sp³-hybridized carbons (Fsp3) is 0.500. The van der Waals surface area contributed by atoms with E-state index in [1.807, 2.05) is 24.3 Å². The molecule has 3 N–H and O–H groups in total. The number of hydrogen-bond donors (Lipinski definition) is 2. The fourth-order valence-electron chi connectivity index (χ4n) is 1.63. The van der Waals surface area contributed by atoms with Crippen LogP contribution in [0.5, 0.6) is 0 Å². The quantitative estimate of drug-likeness (QED) is 0.769. The molecular formula is C14H22N2O. The summed E-state index contributed by atoms with van der Waals surface area (Å²) < 4.78 is 0. The third-order valence-corrected chi connectivity index (χ3v) is 3.35. The molecule has 0 atom stereocenters. The standard InChI is InChI=1S/C14H22N2O/c1-4-14(3,5-2)16-13(17)10-11-6-8-12(15)9-7-11/h6-9H,4-5,10,15H2,1-3H3,(H,16,17). The normalized spacial score (nSPS) is 11.2. The number of nitrogens with one attached hydrogen (secondary N) is 1. The number of benzene rings is 1. The van der Waals surface area contributed by atoms with E-state index in [0.717, 1.165) is 24.1 Å². The third kappa shape index (κ3) is 4.10. The van der Waals surface area contributed by atoms with E-state index in [2.05, 4.69) is 26.1 Å². The first-order valence-corrected chi connectivity index (χ1v) is 6.14. The Morgan fingerprint density at radius 1 is 1.24 bits per heavy atom. The number of amides is 1. The van der Waals surface area contributed by atoms with Gasteiger partial charge in [0.2, 0.25) is 5.91 Å². The zero-order valence-corrected chi connectivity index (χ0v) is 10.9. The van der Waals surface area contributed by atoms with E-state index < -0.39 is 0 Å². The van der Waals surface area contributed by atoms with Crippen molar-refractivity contribution in [3.8, 4) is 0 Å². The van der Waals surface area contributed by atoms with Gasteiger partial charge in [0.15, 0.2) is 0 Å². The number of nitrogens with two attached hydrogens (primary N) is 1. The van der Waals surface area contributed by atoms with Crippen LogP contribution in [0, 0.1) is 0 Å². The lowest BCUT2D eigenvalue weighted by Gasteiger charge is -2.28. The lowest BCUT2D eigenvalue weighted by molar-refractivity contribution is -0.122. The van der Waals surface area contributed by atoms with Crippen LogP contribution in [-0.4, -0.2) is 11.4 Å². The highest BCUT2D eigenvalue weighted by Crippen LogP contribution is 2.14. The van der Waals surface area contributed by atoms with Crippen molar-refractivity contribution in [1.82, 2.24) is 5.32 Å². The van der Waals surface area contributed by atoms with Gasteiger partial charge in [0, 0.05) is 11.2 Å². The molecule has 0 unspecified atom stereocenters. The van der Waals surface area contributed by atoms with E-state index in [-0.39, 0.29) is 11.4 Å².